The normalized spacial score (nSPS) is 22.1. The van der Waals surface area contributed by atoms with Gasteiger partial charge in [0.25, 0.3) is 5.82 Å². The molecule has 0 radical (unpaired) electrons. The third kappa shape index (κ3) is 4.27. The summed E-state index contributed by atoms with van der Waals surface area (Å²) in [7, 11) is 0. The molecule has 3 unspecified atom stereocenters. The first-order valence-electron chi connectivity index (χ1n) is 11.3. The number of carbonyl (C=O) groups is 2. The summed E-state index contributed by atoms with van der Waals surface area (Å²) < 4.78 is 0. The van der Waals surface area contributed by atoms with Gasteiger partial charge in [-0.1, -0.05) is 66.7 Å². The van der Waals surface area contributed by atoms with Gasteiger partial charge in [-0.2, -0.15) is 0 Å². The highest BCUT2D eigenvalue weighted by molar-refractivity contribution is 6.30. The lowest BCUT2D eigenvalue weighted by Gasteiger charge is -2.39. The van der Waals surface area contributed by atoms with Crippen LogP contribution in [0, 0.1) is 5.92 Å². The molecule has 2 aliphatic rings. The summed E-state index contributed by atoms with van der Waals surface area (Å²) in [6.07, 6.45) is 2.84. The van der Waals surface area contributed by atoms with Gasteiger partial charge >= 0.3 is 5.91 Å². The molecule has 3 atom stereocenters. The van der Waals surface area contributed by atoms with Crippen molar-refractivity contribution in [3.05, 3.63) is 119 Å². The Morgan fingerprint density at radius 3 is 2.41 bits per heavy atom. The Morgan fingerprint density at radius 2 is 1.71 bits per heavy atom. The predicted molar refractivity (Wildman–Crippen MR) is 132 cm³/mol. The van der Waals surface area contributed by atoms with Gasteiger partial charge in [-0.25, -0.2) is 15.1 Å². The minimum absolute atomic E-state index is 0.0547. The molecule has 170 valence electrons. The summed E-state index contributed by atoms with van der Waals surface area (Å²) >= 11 is 6.15. The summed E-state index contributed by atoms with van der Waals surface area (Å²) in [4.78, 5) is 30.1. The van der Waals surface area contributed by atoms with Gasteiger partial charge in [0.2, 0.25) is 0 Å². The van der Waals surface area contributed by atoms with Crippen LogP contribution >= 0.6 is 11.6 Å². The SMILES string of the molecule is C=C1NC2=C(C(=O)CC(c3ccccc3)C2)C(c2ccc(Cl)cc2)C1C(=O)Nc1cccc[nH+]1. The van der Waals surface area contributed by atoms with E-state index in [0.717, 1.165) is 16.8 Å². The van der Waals surface area contributed by atoms with Gasteiger partial charge in [0.05, 0.1) is 6.20 Å². The number of nitrogens with one attached hydrogen (secondary N) is 3. The number of aromatic amines is 1. The molecule has 1 aliphatic heterocycles. The maximum Gasteiger partial charge on any atom is 0.317 e. The van der Waals surface area contributed by atoms with Crippen LogP contribution in [0.2, 0.25) is 5.02 Å². The van der Waals surface area contributed by atoms with Crippen LogP contribution in [-0.4, -0.2) is 11.7 Å². The number of benzene rings is 2. The Balaban J connectivity index is 1.56. The molecule has 34 heavy (non-hydrogen) atoms. The van der Waals surface area contributed by atoms with Crippen LogP contribution in [0.5, 0.6) is 0 Å². The molecule has 3 N–H and O–H groups in total. The summed E-state index contributed by atoms with van der Waals surface area (Å²) in [6, 6.07) is 22.9. The molecule has 5 nitrogen and oxygen atoms in total. The van der Waals surface area contributed by atoms with Crippen molar-refractivity contribution in [1.82, 2.24) is 5.32 Å². The Morgan fingerprint density at radius 1 is 0.971 bits per heavy atom. The molecule has 2 heterocycles. The first-order valence-corrected chi connectivity index (χ1v) is 11.7. The van der Waals surface area contributed by atoms with Crippen molar-refractivity contribution < 1.29 is 14.6 Å². The van der Waals surface area contributed by atoms with E-state index in [9.17, 15) is 9.59 Å². The number of anilines is 1. The summed E-state index contributed by atoms with van der Waals surface area (Å²) in [5.74, 6) is -0.625. The van der Waals surface area contributed by atoms with Crippen molar-refractivity contribution >= 4 is 29.1 Å². The average Bonchev–Trinajstić information content (AvgIpc) is 2.84. The smallest absolute Gasteiger partial charge is 0.317 e. The van der Waals surface area contributed by atoms with E-state index < -0.39 is 11.8 Å². The van der Waals surface area contributed by atoms with Gasteiger partial charge in [0, 0.05) is 40.4 Å². The second-order valence-electron chi connectivity index (χ2n) is 8.75. The largest absolute Gasteiger partial charge is 0.362 e. The summed E-state index contributed by atoms with van der Waals surface area (Å²) in [6.45, 7) is 4.21. The number of pyridine rings is 1. The number of carbonyl (C=O) groups excluding carboxylic acids is 2. The molecular formula is C28H25ClN3O2+. The lowest BCUT2D eigenvalue weighted by molar-refractivity contribution is -0.360. The predicted octanol–water partition coefficient (Wildman–Crippen LogP) is 5.01. The van der Waals surface area contributed by atoms with Crippen LogP contribution in [0.1, 0.15) is 35.8 Å². The number of hydrogen-bond acceptors (Lipinski definition) is 3. The third-order valence-corrected chi connectivity index (χ3v) is 6.84. The number of aromatic nitrogens is 1. The fraction of sp³-hybridized carbons (Fsp3) is 0.179. The van der Waals surface area contributed by atoms with Crippen LogP contribution in [0.3, 0.4) is 0 Å². The molecule has 0 spiro atoms. The highest BCUT2D eigenvalue weighted by Crippen LogP contribution is 2.47. The summed E-state index contributed by atoms with van der Waals surface area (Å²) in [5.41, 5.74) is 4.10. The van der Waals surface area contributed by atoms with Crippen molar-refractivity contribution in [2.24, 2.45) is 5.92 Å². The number of ketones is 1. The molecule has 0 saturated heterocycles. The number of rotatable bonds is 4. The van der Waals surface area contributed by atoms with Gasteiger partial charge in [-0.15, -0.1) is 0 Å². The minimum Gasteiger partial charge on any atom is -0.362 e. The van der Waals surface area contributed by atoms with E-state index >= 15 is 0 Å². The lowest BCUT2D eigenvalue weighted by Crippen LogP contribution is -2.43. The zero-order valence-corrected chi connectivity index (χ0v) is 19.3. The quantitative estimate of drug-likeness (QED) is 0.563. The van der Waals surface area contributed by atoms with Gasteiger partial charge in [-0.3, -0.25) is 4.79 Å². The Labute approximate surface area is 203 Å². The average molecular weight is 471 g/mol. The molecular weight excluding hydrogens is 446 g/mol. The number of H-pyrrole nitrogens is 1. The van der Waals surface area contributed by atoms with E-state index in [1.54, 1.807) is 24.4 Å². The Hall–Kier alpha value is -3.70. The third-order valence-electron chi connectivity index (χ3n) is 6.59. The molecule has 0 saturated carbocycles. The van der Waals surface area contributed by atoms with Crippen molar-refractivity contribution in [2.75, 3.05) is 5.32 Å². The van der Waals surface area contributed by atoms with Gasteiger partial charge in [0.1, 0.15) is 5.92 Å². The van der Waals surface area contributed by atoms with Gasteiger partial charge < -0.3 is 5.32 Å². The molecule has 2 aromatic carbocycles. The first kappa shape index (κ1) is 22.1. The number of halogens is 1. The Bertz CT molecular complexity index is 1270. The van der Waals surface area contributed by atoms with Crippen LogP contribution in [0.25, 0.3) is 0 Å². The van der Waals surface area contributed by atoms with Crippen LogP contribution in [0.4, 0.5) is 5.82 Å². The van der Waals surface area contributed by atoms with E-state index in [0.29, 0.717) is 35.0 Å². The lowest BCUT2D eigenvalue weighted by atomic mass is 9.68. The van der Waals surface area contributed by atoms with Crippen LogP contribution in [-0.2, 0) is 9.59 Å². The first-order chi connectivity index (χ1) is 16.5. The van der Waals surface area contributed by atoms with E-state index in [4.69, 9.17) is 11.6 Å². The minimum atomic E-state index is -0.661. The van der Waals surface area contributed by atoms with Crippen LogP contribution in [0.15, 0.2) is 103 Å². The van der Waals surface area contributed by atoms with Gasteiger partial charge in [0.15, 0.2) is 5.78 Å². The monoisotopic (exact) mass is 470 g/mol. The van der Waals surface area contributed by atoms with Crippen molar-refractivity contribution in [3.8, 4) is 0 Å². The Kier molecular flexibility index (Phi) is 6.03. The van der Waals surface area contributed by atoms with E-state index in [-0.39, 0.29) is 17.6 Å². The second kappa shape index (κ2) is 9.27. The topological polar surface area (TPSA) is 72.3 Å². The van der Waals surface area contributed by atoms with Crippen molar-refractivity contribution in [3.63, 3.8) is 0 Å². The fourth-order valence-electron chi connectivity index (χ4n) is 5.03. The maximum absolute atomic E-state index is 13.6. The van der Waals surface area contributed by atoms with Crippen molar-refractivity contribution in [1.29, 1.82) is 0 Å². The molecule has 0 fully saturated rings. The number of Topliss-reactive ketones (excluding diaryl/α,β-unsaturated/α-hetero) is 1. The molecule has 6 heteroatoms. The highest BCUT2D eigenvalue weighted by Gasteiger charge is 2.46. The molecule has 0 bridgehead atoms. The van der Waals surface area contributed by atoms with E-state index in [1.807, 2.05) is 42.5 Å². The number of allylic oxidation sites excluding steroid dienone is 2. The zero-order valence-electron chi connectivity index (χ0n) is 18.6. The number of hydrogen-bond donors (Lipinski definition) is 2. The van der Waals surface area contributed by atoms with Gasteiger partial charge in [-0.05, 0) is 41.7 Å². The van der Waals surface area contributed by atoms with E-state index in [1.165, 1.54) is 0 Å². The molecule has 1 aromatic heterocycles. The molecule has 1 amide bonds. The number of amides is 1. The molecule has 3 aromatic rings. The van der Waals surface area contributed by atoms with Crippen LogP contribution < -0.4 is 15.6 Å². The molecule has 5 rings (SSSR count). The van der Waals surface area contributed by atoms with E-state index in [2.05, 4.69) is 34.3 Å². The highest BCUT2D eigenvalue weighted by atomic mass is 35.5. The second-order valence-corrected chi connectivity index (χ2v) is 9.19. The fourth-order valence-corrected chi connectivity index (χ4v) is 5.16. The zero-order chi connectivity index (χ0) is 23.7. The molecule has 1 aliphatic carbocycles. The maximum atomic E-state index is 13.6. The summed E-state index contributed by atoms with van der Waals surface area (Å²) in [5, 5.41) is 6.89. The van der Waals surface area contributed by atoms with Crippen molar-refractivity contribution in [2.45, 2.75) is 24.7 Å². The standard InChI is InChI=1S/C28H24ClN3O2/c1-17-25(28(34)32-24-9-5-6-14-30-24)26(19-10-12-21(29)13-11-19)27-22(31-17)15-20(16-23(27)33)18-7-3-2-4-8-18/h2-14,20,25-26,31H,1,15-16H2,(H,30,32,34)/p+1.